The highest BCUT2D eigenvalue weighted by Gasteiger charge is 2.23. The zero-order valence-electron chi connectivity index (χ0n) is 16.4. The summed E-state index contributed by atoms with van der Waals surface area (Å²) in [6.07, 6.45) is -1.48. The Hall–Kier alpha value is -2.75. The van der Waals surface area contributed by atoms with Gasteiger partial charge in [-0.3, -0.25) is 4.79 Å². The Morgan fingerprint density at radius 1 is 1.07 bits per heavy atom. The van der Waals surface area contributed by atoms with E-state index >= 15 is 0 Å². The van der Waals surface area contributed by atoms with Gasteiger partial charge in [-0.2, -0.15) is 4.31 Å². The molecule has 2 N–H and O–H groups in total. The van der Waals surface area contributed by atoms with Crippen molar-refractivity contribution in [3.8, 4) is 0 Å². The molecule has 0 aliphatic carbocycles. The number of aliphatic hydroxyl groups is 1. The third-order valence-electron chi connectivity index (χ3n) is 4.23. The molecule has 9 heteroatoms. The molecule has 2 aromatic rings. The molecule has 0 spiro atoms. The number of sulfonamides is 1. The van der Waals surface area contributed by atoms with Crippen LogP contribution in [0.5, 0.6) is 0 Å². The highest BCUT2D eigenvalue weighted by molar-refractivity contribution is 7.89. The number of hydrogen-bond donors (Lipinski definition) is 2. The number of amides is 1. The van der Waals surface area contributed by atoms with Crippen molar-refractivity contribution in [1.82, 2.24) is 4.31 Å². The minimum absolute atomic E-state index is 0.101. The molecule has 2 aromatic carbocycles. The largest absolute Gasteiger partial charge is 0.453 e. The third kappa shape index (κ3) is 5.86. The lowest BCUT2D eigenvalue weighted by Crippen LogP contribution is -2.33. The lowest BCUT2D eigenvalue weighted by molar-refractivity contribution is -0.156. The Labute approximate surface area is 170 Å². The van der Waals surface area contributed by atoms with Gasteiger partial charge in [0, 0.05) is 18.8 Å². The number of hydrogen-bond acceptors (Lipinski definition) is 6. The van der Waals surface area contributed by atoms with Gasteiger partial charge in [-0.1, -0.05) is 30.3 Å². The number of ether oxygens (including phenoxy) is 1. The number of carbonyl (C=O) groups excluding carboxylic acids is 2. The van der Waals surface area contributed by atoms with Gasteiger partial charge in [0.15, 0.2) is 12.7 Å². The molecule has 8 nitrogen and oxygen atoms in total. The van der Waals surface area contributed by atoms with Gasteiger partial charge in [-0.25, -0.2) is 13.2 Å². The Kier molecular flexibility index (Phi) is 7.49. The molecular formula is C20H24N2O6S. The van der Waals surface area contributed by atoms with Crippen LogP contribution in [-0.2, 0) is 24.3 Å². The molecule has 0 saturated heterocycles. The van der Waals surface area contributed by atoms with Gasteiger partial charge in [0.05, 0.1) is 4.90 Å². The van der Waals surface area contributed by atoms with Crippen molar-refractivity contribution in [2.45, 2.75) is 30.9 Å². The smallest absolute Gasteiger partial charge is 0.340 e. The van der Waals surface area contributed by atoms with Gasteiger partial charge in [-0.05, 0) is 43.7 Å². The van der Waals surface area contributed by atoms with E-state index in [-0.39, 0.29) is 10.9 Å². The van der Waals surface area contributed by atoms with Gasteiger partial charge in [0.1, 0.15) is 0 Å². The van der Waals surface area contributed by atoms with Crippen molar-refractivity contribution in [3.05, 3.63) is 60.2 Å². The van der Waals surface area contributed by atoms with E-state index in [1.807, 2.05) is 0 Å². The van der Waals surface area contributed by atoms with Crippen LogP contribution < -0.4 is 5.32 Å². The van der Waals surface area contributed by atoms with E-state index in [1.54, 1.807) is 44.2 Å². The Morgan fingerprint density at radius 3 is 2.21 bits per heavy atom. The molecule has 0 fully saturated rings. The highest BCUT2D eigenvalue weighted by atomic mass is 32.2. The average molecular weight is 420 g/mol. The quantitative estimate of drug-likeness (QED) is 0.631. The number of aliphatic hydroxyl groups excluding tert-OH is 1. The van der Waals surface area contributed by atoms with E-state index in [9.17, 15) is 23.1 Å². The maximum absolute atomic E-state index is 12.4. The summed E-state index contributed by atoms with van der Waals surface area (Å²) in [4.78, 5) is 23.9. The zero-order valence-corrected chi connectivity index (χ0v) is 17.2. The van der Waals surface area contributed by atoms with E-state index in [0.717, 1.165) is 0 Å². The van der Waals surface area contributed by atoms with Crippen molar-refractivity contribution >= 4 is 27.6 Å². The summed E-state index contributed by atoms with van der Waals surface area (Å²) in [6, 6.07) is 13.7. The van der Waals surface area contributed by atoms with E-state index in [0.29, 0.717) is 11.3 Å². The van der Waals surface area contributed by atoms with Crippen LogP contribution >= 0.6 is 0 Å². The van der Waals surface area contributed by atoms with Crippen LogP contribution in [0.3, 0.4) is 0 Å². The maximum atomic E-state index is 12.4. The molecule has 1 atom stereocenters. The summed E-state index contributed by atoms with van der Waals surface area (Å²) in [6.45, 7) is 2.95. The molecular weight excluding hydrogens is 396 g/mol. The molecule has 0 heterocycles. The lowest BCUT2D eigenvalue weighted by Gasteiger charge is -2.21. The topological polar surface area (TPSA) is 113 Å². The SMILES string of the molecule is CC(C)N(C)S(=O)(=O)c1ccc(NC(=O)COC(=O)[C@H](O)c2ccccc2)cc1. The molecule has 1 amide bonds. The standard InChI is InChI=1S/C20H24N2O6S/c1-14(2)22(3)29(26,27)17-11-9-16(10-12-17)21-18(23)13-28-20(25)19(24)15-7-5-4-6-8-15/h4-12,14,19,24H,13H2,1-3H3,(H,21,23)/t19-/m1/s1. The fraction of sp³-hybridized carbons (Fsp3) is 0.300. The molecule has 0 aliphatic rings. The predicted octanol–water partition coefficient (Wildman–Crippen LogP) is 1.93. The number of anilines is 1. The molecule has 0 aliphatic heterocycles. The summed E-state index contributed by atoms with van der Waals surface area (Å²) in [5, 5.41) is 12.4. The highest BCUT2D eigenvalue weighted by Crippen LogP contribution is 2.19. The Balaban J connectivity index is 1.92. The molecule has 0 bridgehead atoms. The molecule has 0 unspecified atom stereocenters. The van der Waals surface area contributed by atoms with Crippen LogP contribution in [0, 0.1) is 0 Å². The minimum atomic E-state index is -3.62. The first-order valence-corrected chi connectivity index (χ1v) is 10.3. The van der Waals surface area contributed by atoms with Crippen molar-refractivity contribution < 1.29 is 27.9 Å². The summed E-state index contributed by atoms with van der Waals surface area (Å²) < 4.78 is 30.9. The van der Waals surface area contributed by atoms with Crippen LogP contribution in [0.2, 0.25) is 0 Å². The fourth-order valence-electron chi connectivity index (χ4n) is 2.34. The summed E-state index contributed by atoms with van der Waals surface area (Å²) >= 11 is 0. The summed E-state index contributed by atoms with van der Waals surface area (Å²) in [5.41, 5.74) is 0.710. The lowest BCUT2D eigenvalue weighted by atomic mass is 10.1. The second-order valence-corrected chi connectivity index (χ2v) is 8.61. The van der Waals surface area contributed by atoms with Gasteiger partial charge in [0.25, 0.3) is 5.91 Å². The third-order valence-corrected chi connectivity index (χ3v) is 6.27. The van der Waals surface area contributed by atoms with E-state index in [4.69, 9.17) is 4.74 Å². The zero-order chi connectivity index (χ0) is 21.6. The van der Waals surface area contributed by atoms with Crippen LogP contribution in [0.1, 0.15) is 25.5 Å². The first-order valence-electron chi connectivity index (χ1n) is 8.90. The molecule has 0 radical (unpaired) electrons. The number of nitrogens with one attached hydrogen (secondary N) is 1. The molecule has 0 aromatic heterocycles. The van der Waals surface area contributed by atoms with Gasteiger partial charge >= 0.3 is 5.97 Å². The predicted molar refractivity (Wildman–Crippen MR) is 108 cm³/mol. The van der Waals surface area contributed by atoms with Crippen molar-refractivity contribution in [2.24, 2.45) is 0 Å². The molecule has 2 rings (SSSR count). The van der Waals surface area contributed by atoms with E-state index in [2.05, 4.69) is 5.32 Å². The molecule has 156 valence electrons. The summed E-state index contributed by atoms with van der Waals surface area (Å²) in [5.74, 6) is -1.56. The number of carbonyl (C=O) groups is 2. The number of benzene rings is 2. The minimum Gasteiger partial charge on any atom is -0.453 e. The van der Waals surface area contributed by atoms with Gasteiger partial charge in [0.2, 0.25) is 10.0 Å². The number of nitrogens with zero attached hydrogens (tertiary/aromatic N) is 1. The first kappa shape index (κ1) is 22.5. The van der Waals surface area contributed by atoms with E-state index in [1.165, 1.54) is 35.6 Å². The van der Waals surface area contributed by atoms with Gasteiger partial charge in [-0.15, -0.1) is 0 Å². The normalized spacial score (nSPS) is 12.6. The van der Waals surface area contributed by atoms with Crippen molar-refractivity contribution in [3.63, 3.8) is 0 Å². The Bertz CT molecular complexity index is 943. The summed E-state index contributed by atoms with van der Waals surface area (Å²) in [7, 11) is -2.12. The van der Waals surface area contributed by atoms with Crippen LogP contribution in [-0.4, -0.2) is 49.4 Å². The van der Waals surface area contributed by atoms with E-state index < -0.39 is 34.6 Å². The van der Waals surface area contributed by atoms with Crippen molar-refractivity contribution in [1.29, 1.82) is 0 Å². The molecule has 0 saturated carbocycles. The molecule has 29 heavy (non-hydrogen) atoms. The van der Waals surface area contributed by atoms with Crippen molar-refractivity contribution in [2.75, 3.05) is 19.0 Å². The monoisotopic (exact) mass is 420 g/mol. The second-order valence-electron chi connectivity index (χ2n) is 6.61. The Morgan fingerprint density at radius 2 is 1.66 bits per heavy atom. The first-order chi connectivity index (χ1) is 13.6. The van der Waals surface area contributed by atoms with Crippen LogP contribution in [0.25, 0.3) is 0 Å². The van der Waals surface area contributed by atoms with Crippen LogP contribution in [0.4, 0.5) is 5.69 Å². The number of esters is 1. The fourth-order valence-corrected chi connectivity index (χ4v) is 3.71. The average Bonchev–Trinajstić information content (AvgIpc) is 2.71. The van der Waals surface area contributed by atoms with Crippen LogP contribution in [0.15, 0.2) is 59.5 Å². The second kappa shape index (κ2) is 9.64. The maximum Gasteiger partial charge on any atom is 0.340 e. The van der Waals surface area contributed by atoms with Gasteiger partial charge < -0.3 is 15.2 Å². The number of rotatable bonds is 8.